The number of benzene rings is 1. The van der Waals surface area contributed by atoms with Gasteiger partial charge >= 0.3 is 5.69 Å². The zero-order chi connectivity index (χ0) is 16.0. The van der Waals surface area contributed by atoms with Crippen LogP contribution in [0.15, 0.2) is 35.4 Å². The van der Waals surface area contributed by atoms with Crippen molar-refractivity contribution in [1.29, 1.82) is 0 Å². The van der Waals surface area contributed by atoms with Gasteiger partial charge in [-0.3, -0.25) is 9.55 Å². The first-order valence-electron chi connectivity index (χ1n) is 7.02. The van der Waals surface area contributed by atoms with E-state index < -0.39 is 0 Å². The summed E-state index contributed by atoms with van der Waals surface area (Å²) in [5.74, 6) is 0.420. The zero-order valence-corrected chi connectivity index (χ0v) is 12.5. The van der Waals surface area contributed by atoms with Crippen molar-refractivity contribution < 1.29 is 0 Å². The summed E-state index contributed by atoms with van der Waals surface area (Å²) in [6.45, 7) is 1.97. The first-order chi connectivity index (χ1) is 11.1. The molecule has 4 aromatic rings. The second-order valence-electron chi connectivity index (χ2n) is 5.30. The second kappa shape index (κ2) is 4.87. The fraction of sp³-hybridized carbons (Fsp3) is 0.133. The number of aromatic amines is 1. The number of hydrogen-bond donors (Lipinski definition) is 2. The Kier molecular flexibility index (Phi) is 2.83. The molecule has 23 heavy (non-hydrogen) atoms. The number of nitrogens with zero attached hydrogens (tertiary/aromatic N) is 5. The molecular formula is C15H13N7O. The Balaban J connectivity index is 1.78. The van der Waals surface area contributed by atoms with Crippen molar-refractivity contribution in [2.75, 3.05) is 5.32 Å². The van der Waals surface area contributed by atoms with Crippen molar-refractivity contribution in [3.63, 3.8) is 0 Å². The van der Waals surface area contributed by atoms with Gasteiger partial charge in [-0.25, -0.2) is 9.78 Å². The van der Waals surface area contributed by atoms with Crippen LogP contribution in [0.5, 0.6) is 0 Å². The molecule has 8 heteroatoms. The van der Waals surface area contributed by atoms with E-state index in [0.717, 1.165) is 22.2 Å². The Morgan fingerprint density at radius 3 is 3.04 bits per heavy atom. The lowest BCUT2D eigenvalue weighted by atomic mass is 10.1. The van der Waals surface area contributed by atoms with Gasteiger partial charge in [-0.05, 0) is 30.7 Å². The lowest BCUT2D eigenvalue weighted by Crippen LogP contribution is -2.11. The monoisotopic (exact) mass is 307 g/mol. The third kappa shape index (κ3) is 2.20. The highest BCUT2D eigenvalue weighted by atomic mass is 16.1. The molecule has 0 aliphatic carbocycles. The molecule has 8 nitrogen and oxygen atoms in total. The summed E-state index contributed by atoms with van der Waals surface area (Å²) in [5, 5.41) is 12.1. The van der Waals surface area contributed by atoms with Crippen molar-refractivity contribution in [2.24, 2.45) is 7.05 Å². The van der Waals surface area contributed by atoms with E-state index in [4.69, 9.17) is 0 Å². The summed E-state index contributed by atoms with van der Waals surface area (Å²) >= 11 is 0. The number of aryl methyl sites for hydroxylation is 2. The normalized spacial score (nSPS) is 11.2. The fourth-order valence-corrected chi connectivity index (χ4v) is 2.46. The highest BCUT2D eigenvalue weighted by molar-refractivity contribution is 5.84. The van der Waals surface area contributed by atoms with Gasteiger partial charge in [0.2, 0.25) is 5.95 Å². The van der Waals surface area contributed by atoms with Crippen molar-refractivity contribution in [3.05, 3.63) is 46.6 Å². The Labute approximate surface area is 130 Å². The van der Waals surface area contributed by atoms with Crippen molar-refractivity contribution >= 4 is 33.7 Å². The number of fused-ring (bicyclic) bond motifs is 2. The molecule has 0 fully saturated rings. The third-order valence-electron chi connectivity index (χ3n) is 3.77. The molecule has 2 N–H and O–H groups in total. The average molecular weight is 307 g/mol. The summed E-state index contributed by atoms with van der Waals surface area (Å²) in [5.41, 5.74) is 3.66. The summed E-state index contributed by atoms with van der Waals surface area (Å²) < 4.78 is 1.47. The lowest BCUT2D eigenvalue weighted by Gasteiger charge is -2.09. The molecule has 114 valence electrons. The third-order valence-corrected chi connectivity index (χ3v) is 3.77. The molecule has 0 spiro atoms. The van der Waals surface area contributed by atoms with Gasteiger partial charge in [0, 0.05) is 18.1 Å². The minimum atomic E-state index is -0.216. The van der Waals surface area contributed by atoms with Gasteiger partial charge in [-0.1, -0.05) is 0 Å². The lowest BCUT2D eigenvalue weighted by molar-refractivity contribution is 0.890. The first kappa shape index (κ1) is 13.4. The van der Waals surface area contributed by atoms with Crippen LogP contribution in [-0.4, -0.2) is 29.7 Å². The number of aromatic nitrogens is 6. The minimum Gasteiger partial charge on any atom is -0.324 e. The maximum atomic E-state index is 11.6. The van der Waals surface area contributed by atoms with Crippen LogP contribution in [0, 0.1) is 6.92 Å². The molecule has 0 saturated carbocycles. The maximum Gasteiger partial charge on any atom is 0.327 e. The number of anilines is 2. The molecule has 0 atom stereocenters. The van der Waals surface area contributed by atoms with E-state index in [1.165, 1.54) is 4.57 Å². The number of hydrogen-bond acceptors (Lipinski definition) is 6. The van der Waals surface area contributed by atoms with Crippen LogP contribution in [-0.2, 0) is 7.05 Å². The number of nitrogens with one attached hydrogen (secondary N) is 2. The topological polar surface area (TPSA) is 101 Å². The van der Waals surface area contributed by atoms with Crippen LogP contribution in [0.1, 0.15) is 5.56 Å². The van der Waals surface area contributed by atoms with Crippen LogP contribution in [0.2, 0.25) is 0 Å². The van der Waals surface area contributed by atoms with E-state index >= 15 is 0 Å². The van der Waals surface area contributed by atoms with Gasteiger partial charge in [0.1, 0.15) is 5.52 Å². The summed E-state index contributed by atoms with van der Waals surface area (Å²) in [6, 6.07) is 5.82. The van der Waals surface area contributed by atoms with E-state index in [2.05, 4.69) is 30.5 Å². The number of rotatable bonds is 2. The Hall–Kier alpha value is -3.29. The predicted octanol–water partition coefficient (Wildman–Crippen LogP) is 1.65. The van der Waals surface area contributed by atoms with Gasteiger partial charge in [0.25, 0.3) is 0 Å². The zero-order valence-electron chi connectivity index (χ0n) is 12.5. The molecule has 0 amide bonds. The summed E-state index contributed by atoms with van der Waals surface area (Å²) in [4.78, 5) is 22.9. The number of imidazole rings is 1. The standard InChI is InChI=1S/C15H13N7O/c1-8-5-11-9(3-4-17-21-11)6-10(8)18-14-16-7-12-13(19-14)20-15(23)22(12)2/h3-7H,1-2H3,(H2,16,18,19,20,23). The second-order valence-corrected chi connectivity index (χ2v) is 5.30. The van der Waals surface area contributed by atoms with E-state index in [0.29, 0.717) is 17.1 Å². The van der Waals surface area contributed by atoms with E-state index in [9.17, 15) is 4.79 Å². The molecule has 0 aliphatic heterocycles. The molecule has 3 aromatic heterocycles. The Morgan fingerprint density at radius 1 is 1.30 bits per heavy atom. The Bertz CT molecular complexity index is 1100. The van der Waals surface area contributed by atoms with Crippen LogP contribution < -0.4 is 11.0 Å². The van der Waals surface area contributed by atoms with E-state index in [1.807, 2.05) is 25.1 Å². The van der Waals surface area contributed by atoms with Gasteiger partial charge in [-0.2, -0.15) is 15.2 Å². The maximum absolute atomic E-state index is 11.6. The highest BCUT2D eigenvalue weighted by Crippen LogP contribution is 2.24. The summed E-state index contributed by atoms with van der Waals surface area (Å²) in [6.07, 6.45) is 3.27. The minimum absolute atomic E-state index is 0.216. The van der Waals surface area contributed by atoms with E-state index in [-0.39, 0.29) is 5.69 Å². The van der Waals surface area contributed by atoms with Gasteiger partial charge in [-0.15, -0.1) is 0 Å². The quantitative estimate of drug-likeness (QED) is 0.584. The molecule has 1 aromatic carbocycles. The van der Waals surface area contributed by atoms with Gasteiger partial charge in [0.05, 0.1) is 17.9 Å². The SMILES string of the molecule is Cc1cc2nnccc2cc1Nc1ncc2c(n1)[nH]c(=O)n2C. The van der Waals surface area contributed by atoms with Crippen LogP contribution in [0.3, 0.4) is 0 Å². The molecule has 0 saturated heterocycles. The molecule has 0 radical (unpaired) electrons. The molecule has 0 bridgehead atoms. The molecular weight excluding hydrogens is 294 g/mol. The van der Waals surface area contributed by atoms with Crippen LogP contribution >= 0.6 is 0 Å². The smallest absolute Gasteiger partial charge is 0.324 e. The largest absolute Gasteiger partial charge is 0.327 e. The van der Waals surface area contributed by atoms with Crippen LogP contribution in [0.4, 0.5) is 11.6 Å². The molecule has 3 heterocycles. The fourth-order valence-electron chi connectivity index (χ4n) is 2.46. The van der Waals surface area contributed by atoms with Crippen molar-refractivity contribution in [3.8, 4) is 0 Å². The summed E-state index contributed by atoms with van der Waals surface area (Å²) in [7, 11) is 1.67. The van der Waals surface area contributed by atoms with Gasteiger partial charge < -0.3 is 5.32 Å². The number of H-pyrrole nitrogens is 1. The molecule has 4 rings (SSSR count). The van der Waals surface area contributed by atoms with Crippen molar-refractivity contribution in [1.82, 2.24) is 29.7 Å². The highest BCUT2D eigenvalue weighted by Gasteiger charge is 2.08. The van der Waals surface area contributed by atoms with Gasteiger partial charge in [0.15, 0.2) is 5.65 Å². The van der Waals surface area contributed by atoms with Crippen LogP contribution in [0.25, 0.3) is 22.1 Å². The Morgan fingerprint density at radius 2 is 2.17 bits per heavy atom. The molecule has 0 aliphatic rings. The first-order valence-corrected chi connectivity index (χ1v) is 7.02. The van der Waals surface area contributed by atoms with Crippen molar-refractivity contribution in [2.45, 2.75) is 6.92 Å². The van der Waals surface area contributed by atoms with E-state index in [1.54, 1.807) is 19.4 Å². The average Bonchev–Trinajstić information content (AvgIpc) is 2.82. The molecule has 0 unspecified atom stereocenters. The predicted molar refractivity (Wildman–Crippen MR) is 86.7 cm³/mol.